The zero-order chi connectivity index (χ0) is 13.9. The number of benzene rings is 1. The largest absolute Gasteiger partial charge is 0.497 e. The van der Waals surface area contributed by atoms with Gasteiger partial charge in [0.15, 0.2) is 0 Å². The van der Waals surface area contributed by atoms with Crippen molar-refractivity contribution >= 4 is 0 Å². The molecule has 1 atom stereocenters. The molecule has 0 radical (unpaired) electrons. The van der Waals surface area contributed by atoms with Gasteiger partial charge in [-0.3, -0.25) is 0 Å². The van der Waals surface area contributed by atoms with Crippen LogP contribution < -0.4 is 9.47 Å². The molecule has 2 rings (SSSR count). The SMILES string of the molecule is COc1ccc(OCC2CCC(C)(C)O2)c(CO)c1. The van der Waals surface area contributed by atoms with E-state index in [2.05, 4.69) is 13.8 Å². The van der Waals surface area contributed by atoms with E-state index in [-0.39, 0.29) is 18.3 Å². The third kappa shape index (κ3) is 3.61. The lowest BCUT2D eigenvalue weighted by Crippen LogP contribution is -2.24. The lowest BCUT2D eigenvalue weighted by Gasteiger charge is -2.20. The van der Waals surface area contributed by atoms with Crippen LogP contribution in [-0.4, -0.2) is 30.5 Å². The Kier molecular flexibility index (Phi) is 4.32. The highest BCUT2D eigenvalue weighted by Gasteiger charge is 2.31. The Bertz CT molecular complexity index is 428. The van der Waals surface area contributed by atoms with Gasteiger partial charge in [-0.15, -0.1) is 0 Å². The number of methoxy groups -OCH3 is 1. The van der Waals surface area contributed by atoms with Crippen molar-refractivity contribution in [2.24, 2.45) is 0 Å². The van der Waals surface area contributed by atoms with Crippen LogP contribution in [0.2, 0.25) is 0 Å². The van der Waals surface area contributed by atoms with E-state index in [1.54, 1.807) is 13.2 Å². The summed E-state index contributed by atoms with van der Waals surface area (Å²) in [6, 6.07) is 5.44. The van der Waals surface area contributed by atoms with Gasteiger partial charge < -0.3 is 19.3 Å². The maximum absolute atomic E-state index is 9.35. The molecule has 1 aliphatic heterocycles. The summed E-state index contributed by atoms with van der Waals surface area (Å²) in [6.45, 7) is 4.64. The number of hydrogen-bond acceptors (Lipinski definition) is 4. The summed E-state index contributed by atoms with van der Waals surface area (Å²) in [6.07, 6.45) is 2.19. The molecule has 1 aromatic carbocycles. The first-order valence-electron chi connectivity index (χ1n) is 6.62. The molecule has 0 bridgehead atoms. The van der Waals surface area contributed by atoms with Crippen molar-refractivity contribution in [3.8, 4) is 11.5 Å². The number of hydrogen-bond donors (Lipinski definition) is 1. The molecule has 1 aromatic rings. The monoisotopic (exact) mass is 266 g/mol. The van der Waals surface area contributed by atoms with E-state index in [1.165, 1.54) is 0 Å². The average Bonchev–Trinajstić information content (AvgIpc) is 2.75. The Morgan fingerprint density at radius 2 is 2.21 bits per heavy atom. The summed E-state index contributed by atoms with van der Waals surface area (Å²) in [5.74, 6) is 1.41. The van der Waals surface area contributed by atoms with E-state index in [1.807, 2.05) is 12.1 Å². The molecule has 1 fully saturated rings. The molecule has 4 nitrogen and oxygen atoms in total. The highest BCUT2D eigenvalue weighted by atomic mass is 16.6. The molecule has 19 heavy (non-hydrogen) atoms. The smallest absolute Gasteiger partial charge is 0.125 e. The molecular weight excluding hydrogens is 244 g/mol. The third-order valence-electron chi connectivity index (χ3n) is 3.42. The molecule has 0 spiro atoms. The van der Waals surface area contributed by atoms with E-state index in [9.17, 15) is 5.11 Å². The summed E-state index contributed by atoms with van der Waals surface area (Å²) in [4.78, 5) is 0. The Morgan fingerprint density at radius 3 is 2.79 bits per heavy atom. The van der Waals surface area contributed by atoms with Crippen molar-refractivity contribution in [1.82, 2.24) is 0 Å². The van der Waals surface area contributed by atoms with Gasteiger partial charge in [-0.2, -0.15) is 0 Å². The van der Waals surface area contributed by atoms with Crippen LogP contribution in [0.4, 0.5) is 0 Å². The van der Waals surface area contributed by atoms with E-state index >= 15 is 0 Å². The first-order chi connectivity index (χ1) is 9.04. The topological polar surface area (TPSA) is 47.9 Å². The van der Waals surface area contributed by atoms with Crippen LogP contribution in [-0.2, 0) is 11.3 Å². The number of ether oxygens (including phenoxy) is 3. The molecule has 4 heteroatoms. The Morgan fingerprint density at radius 1 is 1.42 bits per heavy atom. The predicted octanol–water partition coefficient (Wildman–Crippen LogP) is 2.52. The summed E-state index contributed by atoms with van der Waals surface area (Å²) < 4.78 is 16.8. The first kappa shape index (κ1) is 14.2. The summed E-state index contributed by atoms with van der Waals surface area (Å²) >= 11 is 0. The molecule has 0 aromatic heterocycles. The second-order valence-electron chi connectivity index (χ2n) is 5.48. The summed E-state index contributed by atoms with van der Waals surface area (Å²) in [5, 5.41) is 9.35. The molecule has 1 unspecified atom stereocenters. The van der Waals surface area contributed by atoms with Crippen LogP contribution >= 0.6 is 0 Å². The molecule has 106 valence electrons. The van der Waals surface area contributed by atoms with Crippen LogP contribution in [0.5, 0.6) is 11.5 Å². The normalized spacial score (nSPS) is 21.4. The molecule has 1 saturated heterocycles. The van der Waals surface area contributed by atoms with Gasteiger partial charge in [0.05, 0.1) is 25.4 Å². The average molecular weight is 266 g/mol. The van der Waals surface area contributed by atoms with Crippen LogP contribution in [0.3, 0.4) is 0 Å². The van der Waals surface area contributed by atoms with Gasteiger partial charge in [0.2, 0.25) is 0 Å². The first-order valence-corrected chi connectivity index (χ1v) is 6.62. The zero-order valence-electron chi connectivity index (χ0n) is 11.8. The molecule has 0 amide bonds. The van der Waals surface area contributed by atoms with E-state index < -0.39 is 0 Å². The maximum atomic E-state index is 9.35. The van der Waals surface area contributed by atoms with Crippen molar-refractivity contribution < 1.29 is 19.3 Å². The maximum Gasteiger partial charge on any atom is 0.125 e. The van der Waals surface area contributed by atoms with Gasteiger partial charge in [-0.25, -0.2) is 0 Å². The van der Waals surface area contributed by atoms with Gasteiger partial charge in [0.25, 0.3) is 0 Å². The fraction of sp³-hybridized carbons (Fsp3) is 0.600. The number of rotatable bonds is 5. The quantitative estimate of drug-likeness (QED) is 0.889. The second-order valence-corrected chi connectivity index (χ2v) is 5.48. The molecule has 1 N–H and O–H groups in total. The van der Waals surface area contributed by atoms with Crippen LogP contribution in [0.25, 0.3) is 0 Å². The number of aliphatic hydroxyl groups is 1. The van der Waals surface area contributed by atoms with Gasteiger partial charge in [0, 0.05) is 5.56 Å². The Hall–Kier alpha value is -1.26. The van der Waals surface area contributed by atoms with E-state index in [4.69, 9.17) is 14.2 Å². The van der Waals surface area contributed by atoms with Crippen LogP contribution in [0.15, 0.2) is 18.2 Å². The minimum Gasteiger partial charge on any atom is -0.497 e. The second kappa shape index (κ2) is 5.80. The van der Waals surface area contributed by atoms with Crippen molar-refractivity contribution in [1.29, 1.82) is 0 Å². The summed E-state index contributed by atoms with van der Waals surface area (Å²) in [7, 11) is 1.60. The Balaban J connectivity index is 1.96. The molecular formula is C15H22O4. The lowest BCUT2D eigenvalue weighted by atomic mass is 10.1. The Labute approximate surface area is 114 Å². The van der Waals surface area contributed by atoms with Gasteiger partial charge in [-0.1, -0.05) is 0 Å². The molecule has 1 aliphatic rings. The molecule has 1 heterocycles. The molecule has 0 aliphatic carbocycles. The summed E-state index contributed by atoms with van der Waals surface area (Å²) in [5.41, 5.74) is 0.685. The van der Waals surface area contributed by atoms with Crippen molar-refractivity contribution in [3.05, 3.63) is 23.8 Å². The van der Waals surface area contributed by atoms with E-state index in [0.717, 1.165) is 24.2 Å². The van der Waals surface area contributed by atoms with Crippen LogP contribution in [0.1, 0.15) is 32.3 Å². The van der Waals surface area contributed by atoms with Gasteiger partial charge in [0.1, 0.15) is 18.1 Å². The predicted molar refractivity (Wildman–Crippen MR) is 72.6 cm³/mol. The van der Waals surface area contributed by atoms with Gasteiger partial charge >= 0.3 is 0 Å². The highest BCUT2D eigenvalue weighted by Crippen LogP contribution is 2.30. The standard InChI is InChI=1S/C15H22O4/c1-15(2)7-6-13(19-15)10-18-14-5-4-12(17-3)8-11(14)9-16/h4-5,8,13,16H,6-7,9-10H2,1-3H3. The van der Waals surface area contributed by atoms with Crippen molar-refractivity contribution in [2.75, 3.05) is 13.7 Å². The minimum atomic E-state index is -0.0659. The fourth-order valence-corrected chi connectivity index (χ4v) is 2.32. The third-order valence-corrected chi connectivity index (χ3v) is 3.42. The van der Waals surface area contributed by atoms with Crippen molar-refractivity contribution in [3.63, 3.8) is 0 Å². The molecule has 0 saturated carbocycles. The minimum absolute atomic E-state index is 0.0479. The lowest BCUT2D eigenvalue weighted by molar-refractivity contribution is -0.0328. The van der Waals surface area contributed by atoms with Crippen LogP contribution in [0, 0.1) is 0 Å². The van der Waals surface area contributed by atoms with Gasteiger partial charge in [-0.05, 0) is 44.9 Å². The van der Waals surface area contributed by atoms with Crippen molar-refractivity contribution in [2.45, 2.75) is 45.0 Å². The highest BCUT2D eigenvalue weighted by molar-refractivity contribution is 5.39. The fourth-order valence-electron chi connectivity index (χ4n) is 2.32. The zero-order valence-corrected chi connectivity index (χ0v) is 11.8. The van der Waals surface area contributed by atoms with E-state index in [0.29, 0.717) is 12.4 Å². The number of aliphatic hydroxyl groups excluding tert-OH is 1.